The Hall–Kier alpha value is -2.02. The van der Waals surface area contributed by atoms with Crippen molar-refractivity contribution in [2.45, 2.75) is 13.3 Å². The van der Waals surface area contributed by atoms with Crippen molar-refractivity contribution in [2.75, 3.05) is 19.6 Å². The van der Waals surface area contributed by atoms with E-state index < -0.39 is 0 Å². The van der Waals surface area contributed by atoms with Crippen LogP contribution in [0.5, 0.6) is 0 Å². The molecule has 0 rings (SSSR count). The number of rotatable bonds is 8. The maximum Gasteiger partial charge on any atom is 0.266 e. The summed E-state index contributed by atoms with van der Waals surface area (Å²) in [5, 5.41) is 11.8. The molecular formula is C13H19N3O. The molecule has 0 saturated carbocycles. The lowest BCUT2D eigenvalue weighted by Gasteiger charge is -2.18. The standard InChI is InChI=1S/C13H19N3O/c1-4-7-15-11-12(10-14)13(17)16(8-5-2)9-6-3/h5-6,11,15H,2-4,7-9H2,1H3/b12-11-. The van der Waals surface area contributed by atoms with Gasteiger partial charge in [0.15, 0.2) is 0 Å². The van der Waals surface area contributed by atoms with Gasteiger partial charge < -0.3 is 10.2 Å². The first kappa shape index (κ1) is 15.0. The monoisotopic (exact) mass is 233 g/mol. The van der Waals surface area contributed by atoms with Crippen molar-refractivity contribution in [3.05, 3.63) is 37.1 Å². The molecule has 0 atom stereocenters. The van der Waals surface area contributed by atoms with Crippen LogP contribution in [0.3, 0.4) is 0 Å². The molecule has 0 aliphatic rings. The molecule has 0 bridgehead atoms. The maximum absolute atomic E-state index is 11.9. The Labute approximate surface area is 103 Å². The van der Waals surface area contributed by atoms with Crippen LogP contribution in [0.1, 0.15) is 13.3 Å². The third-order valence-corrected chi connectivity index (χ3v) is 1.98. The zero-order valence-corrected chi connectivity index (χ0v) is 10.3. The summed E-state index contributed by atoms with van der Waals surface area (Å²) in [4.78, 5) is 13.5. The molecule has 0 radical (unpaired) electrons. The van der Waals surface area contributed by atoms with Gasteiger partial charge in [-0.05, 0) is 6.42 Å². The molecule has 0 aromatic heterocycles. The summed E-state index contributed by atoms with van der Waals surface area (Å²) in [6.45, 7) is 10.7. The summed E-state index contributed by atoms with van der Waals surface area (Å²) < 4.78 is 0. The average molecular weight is 233 g/mol. The zero-order chi connectivity index (χ0) is 13.1. The van der Waals surface area contributed by atoms with E-state index in [-0.39, 0.29) is 11.5 Å². The number of amides is 1. The number of carbonyl (C=O) groups is 1. The topological polar surface area (TPSA) is 56.1 Å². The largest absolute Gasteiger partial charge is 0.390 e. The minimum absolute atomic E-state index is 0.0992. The summed E-state index contributed by atoms with van der Waals surface area (Å²) in [5.41, 5.74) is 0.0992. The molecule has 1 N–H and O–H groups in total. The molecule has 0 unspecified atom stereocenters. The molecule has 92 valence electrons. The zero-order valence-electron chi connectivity index (χ0n) is 10.3. The fraction of sp³-hybridized carbons (Fsp3) is 0.385. The highest BCUT2D eigenvalue weighted by atomic mass is 16.2. The molecular weight excluding hydrogens is 214 g/mol. The van der Waals surface area contributed by atoms with Crippen LogP contribution in [-0.4, -0.2) is 30.4 Å². The van der Waals surface area contributed by atoms with Crippen LogP contribution in [-0.2, 0) is 4.79 Å². The van der Waals surface area contributed by atoms with Crippen molar-refractivity contribution in [2.24, 2.45) is 0 Å². The van der Waals surface area contributed by atoms with Gasteiger partial charge in [-0.3, -0.25) is 4.79 Å². The molecule has 17 heavy (non-hydrogen) atoms. The van der Waals surface area contributed by atoms with Crippen molar-refractivity contribution in [3.63, 3.8) is 0 Å². The highest BCUT2D eigenvalue weighted by Crippen LogP contribution is 2.01. The fourth-order valence-corrected chi connectivity index (χ4v) is 1.18. The summed E-state index contributed by atoms with van der Waals surface area (Å²) in [6.07, 6.45) is 5.64. The van der Waals surface area contributed by atoms with Crippen LogP contribution < -0.4 is 5.32 Å². The van der Waals surface area contributed by atoms with Gasteiger partial charge in [-0.15, -0.1) is 13.2 Å². The molecule has 0 spiro atoms. The Morgan fingerprint density at radius 2 is 2.00 bits per heavy atom. The van der Waals surface area contributed by atoms with Gasteiger partial charge in [0.2, 0.25) is 0 Å². The van der Waals surface area contributed by atoms with Gasteiger partial charge in [0.1, 0.15) is 11.6 Å². The summed E-state index contributed by atoms with van der Waals surface area (Å²) in [6, 6.07) is 1.90. The highest BCUT2D eigenvalue weighted by Gasteiger charge is 2.15. The minimum atomic E-state index is -0.309. The first-order valence-electron chi connectivity index (χ1n) is 5.55. The quantitative estimate of drug-likeness (QED) is 0.300. The van der Waals surface area contributed by atoms with E-state index in [1.165, 1.54) is 11.1 Å². The van der Waals surface area contributed by atoms with Crippen LogP contribution in [0.15, 0.2) is 37.1 Å². The number of nitrogens with zero attached hydrogens (tertiary/aromatic N) is 2. The lowest BCUT2D eigenvalue weighted by Crippen LogP contribution is -2.32. The van der Waals surface area contributed by atoms with E-state index in [4.69, 9.17) is 5.26 Å². The summed E-state index contributed by atoms with van der Waals surface area (Å²) in [5.74, 6) is -0.309. The molecule has 0 aromatic carbocycles. The van der Waals surface area contributed by atoms with Gasteiger partial charge in [0.05, 0.1) is 0 Å². The molecule has 0 heterocycles. The predicted molar refractivity (Wildman–Crippen MR) is 69.0 cm³/mol. The number of hydrogen-bond acceptors (Lipinski definition) is 3. The second-order valence-electron chi connectivity index (χ2n) is 3.41. The van der Waals surface area contributed by atoms with Gasteiger partial charge in [-0.25, -0.2) is 0 Å². The van der Waals surface area contributed by atoms with E-state index in [1.54, 1.807) is 12.2 Å². The molecule has 0 aliphatic carbocycles. The van der Waals surface area contributed by atoms with Gasteiger partial charge in [0.25, 0.3) is 5.91 Å². The maximum atomic E-state index is 11.9. The number of hydrogen-bond donors (Lipinski definition) is 1. The number of nitrogens with one attached hydrogen (secondary N) is 1. The van der Waals surface area contributed by atoms with Crippen LogP contribution in [0.4, 0.5) is 0 Å². The molecule has 0 saturated heterocycles. The van der Waals surface area contributed by atoms with Crippen molar-refractivity contribution >= 4 is 5.91 Å². The molecule has 0 aliphatic heterocycles. The van der Waals surface area contributed by atoms with Crippen molar-refractivity contribution < 1.29 is 4.79 Å². The normalized spacial score (nSPS) is 10.2. The van der Waals surface area contributed by atoms with Gasteiger partial charge in [0, 0.05) is 25.8 Å². The van der Waals surface area contributed by atoms with E-state index in [9.17, 15) is 4.79 Å². The number of nitriles is 1. The van der Waals surface area contributed by atoms with E-state index in [0.29, 0.717) is 13.1 Å². The summed E-state index contributed by atoms with van der Waals surface area (Å²) in [7, 11) is 0. The van der Waals surface area contributed by atoms with Crippen LogP contribution in [0, 0.1) is 11.3 Å². The van der Waals surface area contributed by atoms with Gasteiger partial charge in [-0.2, -0.15) is 5.26 Å². The molecule has 1 amide bonds. The molecule has 4 heteroatoms. The van der Waals surface area contributed by atoms with E-state index in [1.807, 2.05) is 13.0 Å². The van der Waals surface area contributed by atoms with Gasteiger partial charge >= 0.3 is 0 Å². The third-order valence-electron chi connectivity index (χ3n) is 1.98. The molecule has 0 aromatic rings. The minimum Gasteiger partial charge on any atom is -0.390 e. The van der Waals surface area contributed by atoms with Crippen LogP contribution in [0.2, 0.25) is 0 Å². The van der Waals surface area contributed by atoms with E-state index in [2.05, 4.69) is 18.5 Å². The molecule has 4 nitrogen and oxygen atoms in total. The first-order valence-corrected chi connectivity index (χ1v) is 5.55. The summed E-state index contributed by atoms with van der Waals surface area (Å²) >= 11 is 0. The smallest absolute Gasteiger partial charge is 0.266 e. The Bertz CT molecular complexity index is 329. The third kappa shape index (κ3) is 5.57. The SMILES string of the molecule is C=CCN(CC=C)C(=O)/C(C#N)=C\NCCC. The van der Waals surface area contributed by atoms with Crippen LogP contribution in [0.25, 0.3) is 0 Å². The Morgan fingerprint density at radius 1 is 1.41 bits per heavy atom. The Balaban J connectivity index is 4.69. The van der Waals surface area contributed by atoms with E-state index in [0.717, 1.165) is 13.0 Å². The second kappa shape index (κ2) is 9.22. The lowest BCUT2D eigenvalue weighted by molar-refractivity contribution is -0.125. The van der Waals surface area contributed by atoms with Crippen molar-refractivity contribution in [1.82, 2.24) is 10.2 Å². The molecule has 0 fully saturated rings. The van der Waals surface area contributed by atoms with Gasteiger partial charge in [-0.1, -0.05) is 19.1 Å². The highest BCUT2D eigenvalue weighted by molar-refractivity contribution is 5.97. The fourth-order valence-electron chi connectivity index (χ4n) is 1.18. The first-order chi connectivity index (χ1) is 8.21. The van der Waals surface area contributed by atoms with Crippen molar-refractivity contribution in [3.8, 4) is 6.07 Å². The second-order valence-corrected chi connectivity index (χ2v) is 3.41. The Kier molecular flexibility index (Phi) is 8.13. The lowest BCUT2D eigenvalue weighted by atomic mass is 10.2. The van der Waals surface area contributed by atoms with Crippen LogP contribution >= 0.6 is 0 Å². The predicted octanol–water partition coefficient (Wildman–Crippen LogP) is 1.59. The van der Waals surface area contributed by atoms with Crippen molar-refractivity contribution in [1.29, 1.82) is 5.26 Å². The van der Waals surface area contributed by atoms with E-state index >= 15 is 0 Å². The average Bonchev–Trinajstić information content (AvgIpc) is 2.34. The Morgan fingerprint density at radius 3 is 2.41 bits per heavy atom. The number of carbonyl (C=O) groups excluding carboxylic acids is 1.